The first-order valence-electron chi connectivity index (χ1n) is 8.45. The van der Waals surface area contributed by atoms with E-state index in [1.807, 2.05) is 0 Å². The molecule has 1 unspecified atom stereocenters. The molecule has 1 aromatic carbocycles. The second-order valence-electron chi connectivity index (χ2n) is 6.57. The zero-order chi connectivity index (χ0) is 18.9. The molecule has 25 heavy (non-hydrogen) atoms. The minimum atomic E-state index is -3.87. The van der Waals surface area contributed by atoms with Gasteiger partial charge in [0, 0.05) is 25.2 Å². The summed E-state index contributed by atoms with van der Waals surface area (Å²) in [6.07, 6.45) is 1.87. The molecule has 142 valence electrons. The van der Waals surface area contributed by atoms with Crippen molar-refractivity contribution in [2.24, 2.45) is 11.7 Å². The Kier molecular flexibility index (Phi) is 5.95. The van der Waals surface area contributed by atoms with Crippen LogP contribution in [0.1, 0.15) is 33.6 Å². The normalized spacial score (nSPS) is 18.3. The third kappa shape index (κ3) is 4.22. The van der Waals surface area contributed by atoms with Crippen LogP contribution in [-0.4, -0.2) is 46.3 Å². The monoisotopic (exact) mass is 389 g/mol. The lowest BCUT2D eigenvalue weighted by molar-refractivity contribution is 0.374. The van der Waals surface area contributed by atoms with Gasteiger partial charge in [-0.05, 0) is 43.9 Å². The molecule has 7 nitrogen and oxygen atoms in total. The standard InChI is InChI=1S/C16H27N3O4S2/c1-4-19(5-2)25(22,23)15-8-6-7-14(11-15)24(20,21)18-16(3,12-17)13-9-10-13/h6-8,11,13,18H,4-5,9-10,12,17H2,1-3H3. The SMILES string of the molecule is CCN(CC)S(=O)(=O)c1cccc(S(=O)(=O)NC(C)(CN)C2CC2)c1. The van der Waals surface area contributed by atoms with Gasteiger partial charge in [0.15, 0.2) is 0 Å². The first kappa shape index (κ1) is 20.3. The molecule has 1 aliphatic rings. The molecule has 1 aromatic rings. The van der Waals surface area contributed by atoms with Gasteiger partial charge in [0.05, 0.1) is 9.79 Å². The van der Waals surface area contributed by atoms with Crippen molar-refractivity contribution in [2.75, 3.05) is 19.6 Å². The number of sulfonamides is 2. The van der Waals surface area contributed by atoms with Crippen LogP contribution in [0, 0.1) is 5.92 Å². The Bertz CT molecular complexity index is 816. The van der Waals surface area contributed by atoms with Gasteiger partial charge in [0.1, 0.15) is 0 Å². The van der Waals surface area contributed by atoms with Gasteiger partial charge in [-0.25, -0.2) is 21.6 Å². The van der Waals surface area contributed by atoms with Gasteiger partial charge in [-0.15, -0.1) is 0 Å². The van der Waals surface area contributed by atoms with Crippen LogP contribution in [-0.2, 0) is 20.0 Å². The van der Waals surface area contributed by atoms with E-state index in [1.54, 1.807) is 20.8 Å². The van der Waals surface area contributed by atoms with Crippen LogP contribution in [0.5, 0.6) is 0 Å². The number of benzene rings is 1. The summed E-state index contributed by atoms with van der Waals surface area (Å²) in [6.45, 7) is 6.10. The van der Waals surface area contributed by atoms with Crippen molar-refractivity contribution >= 4 is 20.0 Å². The molecule has 9 heteroatoms. The van der Waals surface area contributed by atoms with Crippen molar-refractivity contribution in [3.63, 3.8) is 0 Å². The van der Waals surface area contributed by atoms with E-state index >= 15 is 0 Å². The molecule has 1 saturated carbocycles. The quantitative estimate of drug-likeness (QED) is 0.658. The Balaban J connectivity index is 2.37. The lowest BCUT2D eigenvalue weighted by Gasteiger charge is -2.29. The summed E-state index contributed by atoms with van der Waals surface area (Å²) < 4.78 is 54.7. The fourth-order valence-corrected chi connectivity index (χ4v) is 5.99. The highest BCUT2D eigenvalue weighted by Crippen LogP contribution is 2.39. The van der Waals surface area contributed by atoms with E-state index in [1.165, 1.54) is 28.6 Å². The molecule has 0 bridgehead atoms. The minimum absolute atomic E-state index is 0.0278. The molecule has 2 rings (SSSR count). The van der Waals surface area contributed by atoms with E-state index in [2.05, 4.69) is 4.72 Å². The number of rotatable bonds is 9. The van der Waals surface area contributed by atoms with Crippen LogP contribution in [0.3, 0.4) is 0 Å². The van der Waals surface area contributed by atoms with Crippen LogP contribution < -0.4 is 10.5 Å². The third-order valence-corrected chi connectivity index (χ3v) is 8.38. The Morgan fingerprint density at radius 2 is 1.72 bits per heavy atom. The van der Waals surface area contributed by atoms with Crippen LogP contribution >= 0.6 is 0 Å². The molecule has 0 radical (unpaired) electrons. The Hall–Kier alpha value is -1.00. The van der Waals surface area contributed by atoms with Crippen molar-refractivity contribution in [1.29, 1.82) is 0 Å². The van der Waals surface area contributed by atoms with Crippen molar-refractivity contribution in [2.45, 2.75) is 48.9 Å². The maximum absolute atomic E-state index is 12.8. The lowest BCUT2D eigenvalue weighted by Crippen LogP contribution is -2.52. The fourth-order valence-electron chi connectivity index (χ4n) is 2.89. The highest BCUT2D eigenvalue weighted by molar-refractivity contribution is 7.90. The first-order chi connectivity index (χ1) is 11.6. The van der Waals surface area contributed by atoms with Gasteiger partial charge in [-0.3, -0.25) is 0 Å². The van der Waals surface area contributed by atoms with Gasteiger partial charge in [0.2, 0.25) is 20.0 Å². The second kappa shape index (κ2) is 7.32. The van der Waals surface area contributed by atoms with Crippen LogP contribution in [0.25, 0.3) is 0 Å². The summed E-state index contributed by atoms with van der Waals surface area (Å²) in [4.78, 5) is -0.0963. The van der Waals surface area contributed by atoms with Crippen molar-refractivity contribution in [3.05, 3.63) is 24.3 Å². The van der Waals surface area contributed by atoms with E-state index in [9.17, 15) is 16.8 Å². The zero-order valence-electron chi connectivity index (χ0n) is 14.9. The molecule has 0 heterocycles. The van der Waals surface area contributed by atoms with Crippen molar-refractivity contribution in [1.82, 2.24) is 9.03 Å². The molecule has 0 aromatic heterocycles. The lowest BCUT2D eigenvalue weighted by atomic mass is 9.98. The summed E-state index contributed by atoms with van der Waals surface area (Å²) >= 11 is 0. The molecule has 0 amide bonds. The maximum atomic E-state index is 12.8. The average Bonchev–Trinajstić information content (AvgIpc) is 3.41. The summed E-state index contributed by atoms with van der Waals surface area (Å²) in [5.41, 5.74) is 5.06. The van der Waals surface area contributed by atoms with Crippen molar-refractivity contribution in [3.8, 4) is 0 Å². The molecular formula is C16H27N3O4S2. The predicted molar refractivity (Wildman–Crippen MR) is 97.1 cm³/mol. The molecule has 1 aliphatic carbocycles. The van der Waals surface area contributed by atoms with E-state index in [0.29, 0.717) is 13.1 Å². The first-order valence-corrected chi connectivity index (χ1v) is 11.4. The maximum Gasteiger partial charge on any atom is 0.243 e. The Morgan fingerprint density at radius 3 is 2.20 bits per heavy atom. The number of nitrogens with zero attached hydrogens (tertiary/aromatic N) is 1. The smallest absolute Gasteiger partial charge is 0.243 e. The van der Waals surface area contributed by atoms with Gasteiger partial charge in [-0.2, -0.15) is 4.31 Å². The highest BCUT2D eigenvalue weighted by Gasteiger charge is 2.43. The summed E-state index contributed by atoms with van der Waals surface area (Å²) in [6, 6.07) is 5.46. The number of nitrogens with two attached hydrogens (primary N) is 1. The van der Waals surface area contributed by atoms with Crippen LogP contribution in [0.2, 0.25) is 0 Å². The second-order valence-corrected chi connectivity index (χ2v) is 10.2. The van der Waals surface area contributed by atoms with Gasteiger partial charge < -0.3 is 5.73 Å². The molecule has 3 N–H and O–H groups in total. The number of hydrogen-bond acceptors (Lipinski definition) is 5. The molecular weight excluding hydrogens is 362 g/mol. The summed E-state index contributed by atoms with van der Waals surface area (Å²) in [7, 11) is -7.59. The minimum Gasteiger partial charge on any atom is -0.329 e. The molecule has 0 saturated heterocycles. The third-order valence-electron chi connectivity index (χ3n) is 4.73. The Morgan fingerprint density at radius 1 is 1.16 bits per heavy atom. The Labute approximate surface area is 150 Å². The highest BCUT2D eigenvalue weighted by atomic mass is 32.2. The molecule has 1 atom stereocenters. The molecule has 0 aliphatic heterocycles. The van der Waals surface area contributed by atoms with Crippen molar-refractivity contribution < 1.29 is 16.8 Å². The topological polar surface area (TPSA) is 110 Å². The predicted octanol–water partition coefficient (Wildman–Crippen LogP) is 1.12. The van der Waals surface area contributed by atoms with E-state index in [-0.39, 0.29) is 22.3 Å². The fraction of sp³-hybridized carbons (Fsp3) is 0.625. The molecule has 1 fully saturated rings. The largest absolute Gasteiger partial charge is 0.329 e. The van der Waals surface area contributed by atoms with E-state index in [4.69, 9.17) is 5.73 Å². The summed E-state index contributed by atoms with van der Waals surface area (Å²) in [5, 5.41) is 0. The van der Waals surface area contributed by atoms with E-state index < -0.39 is 25.6 Å². The van der Waals surface area contributed by atoms with E-state index in [0.717, 1.165) is 12.8 Å². The number of nitrogens with one attached hydrogen (secondary N) is 1. The zero-order valence-corrected chi connectivity index (χ0v) is 16.5. The summed E-state index contributed by atoms with van der Waals surface area (Å²) in [5.74, 6) is 0.217. The molecule has 0 spiro atoms. The average molecular weight is 390 g/mol. The van der Waals surface area contributed by atoms with Crippen LogP contribution in [0.4, 0.5) is 0 Å². The van der Waals surface area contributed by atoms with Gasteiger partial charge in [0.25, 0.3) is 0 Å². The van der Waals surface area contributed by atoms with Gasteiger partial charge in [-0.1, -0.05) is 19.9 Å². The number of hydrogen-bond donors (Lipinski definition) is 2. The van der Waals surface area contributed by atoms with Gasteiger partial charge >= 0.3 is 0 Å². The van der Waals surface area contributed by atoms with Crippen LogP contribution in [0.15, 0.2) is 34.1 Å².